The lowest BCUT2D eigenvalue weighted by Crippen LogP contribution is -2.63. The molecule has 0 aromatic heterocycles. The molecule has 1 amide bonds. The molecule has 0 radical (unpaired) electrons. The second-order valence-corrected chi connectivity index (χ2v) is 6.08. The van der Waals surface area contributed by atoms with Crippen molar-refractivity contribution < 1.29 is 13.2 Å². The molecule has 0 aromatic rings. The second-order valence-electron chi connectivity index (χ2n) is 4.14. The van der Waals surface area contributed by atoms with E-state index in [1.54, 1.807) is 13.0 Å². The Morgan fingerprint density at radius 3 is 2.56 bits per heavy atom. The minimum Gasteiger partial charge on any atom is -0.274 e. The van der Waals surface area contributed by atoms with Crippen LogP contribution < -0.4 is 0 Å². The van der Waals surface area contributed by atoms with Crippen LogP contribution in [0.15, 0.2) is 25.3 Å². The van der Waals surface area contributed by atoms with Gasteiger partial charge in [0.05, 0.1) is 17.7 Å². The molecule has 0 N–H and O–H groups in total. The summed E-state index contributed by atoms with van der Waals surface area (Å²) >= 11 is 0. The molecule has 1 saturated heterocycles. The fourth-order valence-electron chi connectivity index (χ4n) is 1.77. The van der Waals surface area contributed by atoms with E-state index in [1.807, 2.05) is 0 Å². The van der Waals surface area contributed by atoms with Gasteiger partial charge in [-0.25, -0.2) is 12.7 Å². The highest BCUT2D eigenvalue weighted by atomic mass is 32.2. The van der Waals surface area contributed by atoms with Crippen molar-refractivity contribution in [1.29, 1.82) is 0 Å². The summed E-state index contributed by atoms with van der Waals surface area (Å²) in [5.74, 6) is -0.366. The van der Waals surface area contributed by atoms with E-state index in [9.17, 15) is 13.2 Å². The molecule has 4 nitrogen and oxygen atoms in total. The molecule has 1 aliphatic heterocycles. The van der Waals surface area contributed by atoms with Crippen LogP contribution in [-0.4, -0.2) is 29.9 Å². The minimum atomic E-state index is -3.50. The number of hydrogen-bond donors (Lipinski definition) is 0. The highest BCUT2D eigenvalue weighted by molar-refractivity contribution is 7.89. The van der Waals surface area contributed by atoms with E-state index < -0.39 is 15.6 Å². The standard InChI is InChI=1S/C11H17NO3S/c1-4-6-7-8-16(14,15)12-10(13)9-11(12,3)5-2/h4-5H,1-2,6-9H2,3H3. The minimum absolute atomic E-state index is 0.0197. The Kier molecular flexibility index (Phi) is 3.57. The number of carbonyl (C=O) groups is 1. The first-order valence-electron chi connectivity index (χ1n) is 5.18. The van der Waals surface area contributed by atoms with Gasteiger partial charge in [0.15, 0.2) is 0 Å². The third kappa shape index (κ3) is 2.19. The first-order chi connectivity index (χ1) is 7.37. The predicted octanol–water partition coefficient (Wildman–Crippen LogP) is 1.46. The van der Waals surface area contributed by atoms with Gasteiger partial charge in [0.2, 0.25) is 15.9 Å². The number of amides is 1. The number of β-lactam (4-membered cyclic amide) rings is 1. The maximum absolute atomic E-state index is 11.9. The maximum Gasteiger partial charge on any atom is 0.239 e. The summed E-state index contributed by atoms with van der Waals surface area (Å²) < 4.78 is 24.7. The summed E-state index contributed by atoms with van der Waals surface area (Å²) in [4.78, 5) is 11.4. The molecule has 1 fully saturated rings. The van der Waals surface area contributed by atoms with E-state index in [2.05, 4.69) is 13.2 Å². The summed E-state index contributed by atoms with van der Waals surface area (Å²) in [7, 11) is -3.50. The lowest BCUT2D eigenvalue weighted by atomic mass is 9.90. The van der Waals surface area contributed by atoms with Crippen molar-refractivity contribution in [2.45, 2.75) is 31.7 Å². The summed E-state index contributed by atoms with van der Waals surface area (Å²) in [6, 6.07) is 0. The van der Waals surface area contributed by atoms with Crippen LogP contribution in [-0.2, 0) is 14.8 Å². The van der Waals surface area contributed by atoms with Crippen LogP contribution in [0.1, 0.15) is 26.2 Å². The van der Waals surface area contributed by atoms with Crippen LogP contribution in [0.3, 0.4) is 0 Å². The van der Waals surface area contributed by atoms with Gasteiger partial charge in [-0.05, 0) is 19.8 Å². The summed E-state index contributed by atoms with van der Waals surface area (Å²) in [5, 5.41) is 0. The monoisotopic (exact) mass is 243 g/mol. The molecule has 90 valence electrons. The number of unbranched alkanes of at least 4 members (excludes halogenated alkanes) is 1. The summed E-state index contributed by atoms with van der Waals surface area (Å²) in [6.07, 6.45) is 4.52. The van der Waals surface area contributed by atoms with Crippen LogP contribution in [0.25, 0.3) is 0 Å². The fraction of sp³-hybridized carbons (Fsp3) is 0.545. The van der Waals surface area contributed by atoms with E-state index in [-0.39, 0.29) is 18.1 Å². The van der Waals surface area contributed by atoms with Crippen molar-refractivity contribution in [2.24, 2.45) is 0 Å². The predicted molar refractivity (Wildman–Crippen MR) is 63.3 cm³/mol. The molecule has 0 saturated carbocycles. The van der Waals surface area contributed by atoms with Crippen LogP contribution >= 0.6 is 0 Å². The maximum atomic E-state index is 11.9. The molecule has 16 heavy (non-hydrogen) atoms. The lowest BCUT2D eigenvalue weighted by Gasteiger charge is -2.46. The van der Waals surface area contributed by atoms with Crippen LogP contribution in [0, 0.1) is 0 Å². The van der Waals surface area contributed by atoms with Crippen LogP contribution in [0.2, 0.25) is 0 Å². The molecule has 1 heterocycles. The SMILES string of the molecule is C=CCCCS(=O)(=O)N1C(=O)CC1(C)C=C. The molecule has 0 bridgehead atoms. The Balaban J connectivity index is 2.79. The largest absolute Gasteiger partial charge is 0.274 e. The van der Waals surface area contributed by atoms with Crippen molar-refractivity contribution in [2.75, 3.05) is 5.75 Å². The van der Waals surface area contributed by atoms with E-state index in [1.165, 1.54) is 6.08 Å². The number of hydrogen-bond acceptors (Lipinski definition) is 3. The zero-order valence-electron chi connectivity index (χ0n) is 9.48. The van der Waals surface area contributed by atoms with Gasteiger partial charge in [-0.15, -0.1) is 13.2 Å². The van der Waals surface area contributed by atoms with Gasteiger partial charge in [0, 0.05) is 0 Å². The normalized spacial score (nSPS) is 25.1. The summed E-state index contributed by atoms with van der Waals surface area (Å²) in [5.41, 5.74) is -0.732. The fourth-order valence-corrected chi connectivity index (χ4v) is 3.64. The third-order valence-electron chi connectivity index (χ3n) is 2.73. The molecular formula is C11H17NO3S. The number of rotatable bonds is 6. The molecular weight excluding hydrogens is 226 g/mol. The van der Waals surface area contributed by atoms with Gasteiger partial charge in [-0.2, -0.15) is 0 Å². The zero-order valence-corrected chi connectivity index (χ0v) is 10.3. The van der Waals surface area contributed by atoms with Gasteiger partial charge in [-0.1, -0.05) is 12.2 Å². The van der Waals surface area contributed by atoms with E-state index >= 15 is 0 Å². The first-order valence-corrected chi connectivity index (χ1v) is 6.79. The van der Waals surface area contributed by atoms with Gasteiger partial charge in [-0.3, -0.25) is 4.79 Å². The number of carbonyl (C=O) groups excluding carboxylic acids is 1. The van der Waals surface area contributed by atoms with E-state index in [4.69, 9.17) is 0 Å². The Morgan fingerprint density at radius 2 is 2.12 bits per heavy atom. The van der Waals surface area contributed by atoms with Gasteiger partial charge < -0.3 is 0 Å². The second kappa shape index (κ2) is 4.41. The van der Waals surface area contributed by atoms with Crippen molar-refractivity contribution >= 4 is 15.9 Å². The molecule has 5 heteroatoms. The van der Waals surface area contributed by atoms with Crippen molar-refractivity contribution in [1.82, 2.24) is 4.31 Å². The molecule has 1 rings (SSSR count). The Hall–Kier alpha value is -1.10. The average molecular weight is 243 g/mol. The van der Waals surface area contributed by atoms with Crippen molar-refractivity contribution in [3.63, 3.8) is 0 Å². The molecule has 0 aromatic carbocycles. The molecule has 0 aliphatic carbocycles. The van der Waals surface area contributed by atoms with Gasteiger partial charge in [0.1, 0.15) is 0 Å². The smallest absolute Gasteiger partial charge is 0.239 e. The highest BCUT2D eigenvalue weighted by Gasteiger charge is 2.51. The van der Waals surface area contributed by atoms with Crippen molar-refractivity contribution in [3.8, 4) is 0 Å². The number of allylic oxidation sites excluding steroid dienone is 1. The molecule has 1 unspecified atom stereocenters. The van der Waals surface area contributed by atoms with Crippen LogP contribution in [0.4, 0.5) is 0 Å². The molecule has 1 aliphatic rings. The number of sulfonamides is 1. The Morgan fingerprint density at radius 1 is 1.50 bits per heavy atom. The number of nitrogens with zero attached hydrogens (tertiary/aromatic N) is 1. The van der Waals surface area contributed by atoms with Gasteiger partial charge in [0.25, 0.3) is 0 Å². The Bertz CT molecular complexity index is 413. The highest BCUT2D eigenvalue weighted by Crippen LogP contribution is 2.35. The van der Waals surface area contributed by atoms with E-state index in [0.717, 1.165) is 4.31 Å². The zero-order chi connectivity index (χ0) is 12.4. The van der Waals surface area contributed by atoms with E-state index in [0.29, 0.717) is 12.8 Å². The topological polar surface area (TPSA) is 54.5 Å². The third-order valence-corrected chi connectivity index (χ3v) is 4.71. The first kappa shape index (κ1) is 13.0. The average Bonchev–Trinajstić information content (AvgIpc) is 2.16. The lowest BCUT2D eigenvalue weighted by molar-refractivity contribution is -0.140. The molecule has 1 atom stereocenters. The van der Waals surface area contributed by atoms with Gasteiger partial charge >= 0.3 is 0 Å². The quantitative estimate of drug-likeness (QED) is 0.403. The summed E-state index contributed by atoms with van der Waals surface area (Å²) in [6.45, 7) is 8.80. The van der Waals surface area contributed by atoms with Crippen LogP contribution in [0.5, 0.6) is 0 Å². The van der Waals surface area contributed by atoms with Crippen molar-refractivity contribution in [3.05, 3.63) is 25.3 Å². The molecule has 0 spiro atoms. The Labute approximate surface area is 96.7 Å².